The van der Waals surface area contributed by atoms with Crippen molar-refractivity contribution in [2.45, 2.75) is 32.5 Å². The molecule has 0 bridgehead atoms. The van der Waals surface area contributed by atoms with Crippen molar-refractivity contribution >= 4 is 5.91 Å². The van der Waals surface area contributed by atoms with E-state index < -0.39 is 0 Å². The molecule has 13 heavy (non-hydrogen) atoms. The Kier molecular flexibility index (Phi) is 3.27. The van der Waals surface area contributed by atoms with E-state index in [-0.39, 0.29) is 18.1 Å². The predicted molar refractivity (Wildman–Crippen MR) is 52.1 cm³/mol. The van der Waals surface area contributed by atoms with Gasteiger partial charge in [-0.25, -0.2) is 0 Å². The van der Waals surface area contributed by atoms with Gasteiger partial charge in [-0.2, -0.15) is 0 Å². The average Bonchev–Trinajstić information content (AvgIpc) is 2.18. The van der Waals surface area contributed by atoms with E-state index in [4.69, 9.17) is 5.73 Å². The van der Waals surface area contributed by atoms with Crippen molar-refractivity contribution in [3.05, 3.63) is 0 Å². The van der Waals surface area contributed by atoms with Crippen LogP contribution in [0.4, 0.5) is 0 Å². The lowest BCUT2D eigenvalue weighted by molar-refractivity contribution is -0.136. The lowest BCUT2D eigenvalue weighted by atomic mass is 10.2. The van der Waals surface area contributed by atoms with E-state index in [1.165, 1.54) is 0 Å². The summed E-state index contributed by atoms with van der Waals surface area (Å²) in [5, 5.41) is 0. The van der Waals surface area contributed by atoms with Gasteiger partial charge in [-0.05, 0) is 27.3 Å². The molecule has 0 aromatic carbocycles. The van der Waals surface area contributed by atoms with Crippen molar-refractivity contribution in [3.63, 3.8) is 0 Å². The SMILES string of the molecule is CC1C(=O)N(C(C)N)CCCN1C. The monoisotopic (exact) mass is 185 g/mol. The van der Waals surface area contributed by atoms with Gasteiger partial charge in [0.25, 0.3) is 0 Å². The van der Waals surface area contributed by atoms with E-state index >= 15 is 0 Å². The Labute approximate surface area is 79.7 Å². The molecule has 2 N–H and O–H groups in total. The van der Waals surface area contributed by atoms with E-state index in [0.717, 1.165) is 19.5 Å². The molecule has 0 aliphatic carbocycles. The van der Waals surface area contributed by atoms with Crippen molar-refractivity contribution in [1.29, 1.82) is 0 Å². The number of nitrogens with two attached hydrogens (primary N) is 1. The predicted octanol–water partition coefficient (Wildman–Crippen LogP) is -0.156. The Morgan fingerprint density at radius 2 is 2.15 bits per heavy atom. The highest BCUT2D eigenvalue weighted by Crippen LogP contribution is 2.10. The van der Waals surface area contributed by atoms with Gasteiger partial charge in [-0.15, -0.1) is 0 Å². The molecule has 0 radical (unpaired) electrons. The molecule has 1 rings (SSSR count). The molecule has 1 amide bonds. The maximum Gasteiger partial charge on any atom is 0.240 e. The lowest BCUT2D eigenvalue weighted by Crippen LogP contribution is -2.49. The van der Waals surface area contributed by atoms with Crippen LogP contribution in [0, 0.1) is 0 Å². The minimum absolute atomic E-state index is 0.0338. The minimum Gasteiger partial charge on any atom is -0.326 e. The van der Waals surface area contributed by atoms with Crippen molar-refractivity contribution in [2.24, 2.45) is 5.73 Å². The quantitative estimate of drug-likeness (QED) is 0.618. The molecule has 1 heterocycles. The van der Waals surface area contributed by atoms with Crippen LogP contribution < -0.4 is 5.73 Å². The second-order valence-electron chi connectivity index (χ2n) is 3.78. The summed E-state index contributed by atoms with van der Waals surface area (Å²) in [6, 6.07) is -0.0338. The Hall–Kier alpha value is -0.610. The zero-order chi connectivity index (χ0) is 10.0. The minimum atomic E-state index is -0.165. The third-order valence-electron chi connectivity index (χ3n) is 2.70. The van der Waals surface area contributed by atoms with Crippen molar-refractivity contribution in [1.82, 2.24) is 9.80 Å². The first-order chi connectivity index (χ1) is 6.04. The molecule has 0 spiro atoms. The number of likely N-dealkylation sites (N-methyl/N-ethyl adjacent to an activating group) is 1. The van der Waals surface area contributed by atoms with Gasteiger partial charge in [0.15, 0.2) is 0 Å². The zero-order valence-corrected chi connectivity index (χ0v) is 8.66. The maximum absolute atomic E-state index is 11.8. The van der Waals surface area contributed by atoms with Gasteiger partial charge < -0.3 is 10.6 Å². The number of carbonyl (C=O) groups is 1. The standard InChI is InChI=1S/C9H19N3O/c1-7-9(13)12(8(2)10)6-4-5-11(7)3/h7-8H,4-6,10H2,1-3H3. The first-order valence-corrected chi connectivity index (χ1v) is 4.80. The fourth-order valence-corrected chi connectivity index (χ4v) is 1.63. The molecule has 2 atom stereocenters. The summed E-state index contributed by atoms with van der Waals surface area (Å²) in [5.74, 6) is 0.148. The van der Waals surface area contributed by atoms with Crippen LogP contribution in [0.2, 0.25) is 0 Å². The largest absolute Gasteiger partial charge is 0.326 e. The summed E-state index contributed by atoms with van der Waals surface area (Å²) in [4.78, 5) is 15.6. The van der Waals surface area contributed by atoms with Gasteiger partial charge in [-0.3, -0.25) is 9.69 Å². The Morgan fingerprint density at radius 3 is 2.69 bits per heavy atom. The number of hydrogen-bond acceptors (Lipinski definition) is 3. The molecule has 1 aliphatic rings. The van der Waals surface area contributed by atoms with Crippen LogP contribution in [0.5, 0.6) is 0 Å². The number of nitrogens with zero attached hydrogens (tertiary/aromatic N) is 2. The van der Waals surface area contributed by atoms with Crippen molar-refractivity contribution in [3.8, 4) is 0 Å². The first kappa shape index (κ1) is 10.5. The highest BCUT2D eigenvalue weighted by molar-refractivity contribution is 5.81. The Balaban J connectivity index is 2.73. The molecule has 4 nitrogen and oxygen atoms in total. The van der Waals surface area contributed by atoms with E-state index in [9.17, 15) is 4.79 Å². The van der Waals surface area contributed by atoms with Gasteiger partial charge in [0.05, 0.1) is 12.2 Å². The zero-order valence-electron chi connectivity index (χ0n) is 8.66. The van der Waals surface area contributed by atoms with E-state index in [2.05, 4.69) is 4.90 Å². The highest BCUT2D eigenvalue weighted by Gasteiger charge is 2.28. The topological polar surface area (TPSA) is 49.6 Å². The van der Waals surface area contributed by atoms with Gasteiger partial charge in [0, 0.05) is 13.1 Å². The number of amides is 1. The summed E-state index contributed by atoms with van der Waals surface area (Å²) < 4.78 is 0. The third kappa shape index (κ3) is 2.19. The molecular formula is C9H19N3O. The summed E-state index contributed by atoms with van der Waals surface area (Å²) in [5.41, 5.74) is 5.72. The molecule has 2 unspecified atom stereocenters. The molecule has 4 heteroatoms. The van der Waals surface area contributed by atoms with E-state index in [0.29, 0.717) is 0 Å². The average molecular weight is 185 g/mol. The lowest BCUT2D eigenvalue weighted by Gasteiger charge is -2.28. The second-order valence-corrected chi connectivity index (χ2v) is 3.78. The van der Waals surface area contributed by atoms with Gasteiger partial charge >= 0.3 is 0 Å². The molecular weight excluding hydrogens is 166 g/mol. The third-order valence-corrected chi connectivity index (χ3v) is 2.70. The summed E-state index contributed by atoms with van der Waals surface area (Å²) >= 11 is 0. The number of rotatable bonds is 1. The van der Waals surface area contributed by atoms with Gasteiger partial charge in [0.1, 0.15) is 0 Å². The number of carbonyl (C=O) groups excluding carboxylic acids is 1. The normalized spacial score (nSPS) is 28.8. The Morgan fingerprint density at radius 1 is 1.54 bits per heavy atom. The van der Waals surface area contributed by atoms with Crippen molar-refractivity contribution in [2.75, 3.05) is 20.1 Å². The van der Waals surface area contributed by atoms with Crippen LogP contribution in [0.3, 0.4) is 0 Å². The van der Waals surface area contributed by atoms with Crippen LogP contribution in [-0.2, 0) is 4.79 Å². The molecule has 1 fully saturated rings. The number of hydrogen-bond donors (Lipinski definition) is 1. The van der Waals surface area contributed by atoms with E-state index in [1.54, 1.807) is 4.90 Å². The summed E-state index contributed by atoms with van der Waals surface area (Å²) in [6.45, 7) is 5.54. The molecule has 0 aromatic rings. The van der Waals surface area contributed by atoms with E-state index in [1.807, 2.05) is 20.9 Å². The molecule has 1 saturated heterocycles. The van der Waals surface area contributed by atoms with Gasteiger partial charge in [-0.1, -0.05) is 0 Å². The van der Waals surface area contributed by atoms with Crippen LogP contribution in [0.1, 0.15) is 20.3 Å². The maximum atomic E-state index is 11.8. The van der Waals surface area contributed by atoms with Crippen molar-refractivity contribution < 1.29 is 4.79 Å². The van der Waals surface area contributed by atoms with Crippen LogP contribution >= 0.6 is 0 Å². The summed E-state index contributed by atoms with van der Waals surface area (Å²) in [7, 11) is 1.98. The smallest absolute Gasteiger partial charge is 0.240 e. The van der Waals surface area contributed by atoms with Crippen LogP contribution in [0.25, 0.3) is 0 Å². The summed E-state index contributed by atoms with van der Waals surface area (Å²) in [6.07, 6.45) is 0.843. The fourth-order valence-electron chi connectivity index (χ4n) is 1.63. The first-order valence-electron chi connectivity index (χ1n) is 4.80. The molecule has 76 valence electrons. The molecule has 0 aromatic heterocycles. The molecule has 0 saturated carbocycles. The van der Waals surface area contributed by atoms with Crippen LogP contribution in [-0.4, -0.2) is 48.1 Å². The van der Waals surface area contributed by atoms with Gasteiger partial charge in [0.2, 0.25) is 5.91 Å². The molecule has 1 aliphatic heterocycles. The highest BCUT2D eigenvalue weighted by atomic mass is 16.2. The Bertz CT molecular complexity index is 193. The van der Waals surface area contributed by atoms with Crippen LogP contribution in [0.15, 0.2) is 0 Å². The second kappa shape index (κ2) is 4.07. The fraction of sp³-hybridized carbons (Fsp3) is 0.889.